The van der Waals surface area contributed by atoms with Crippen LogP contribution in [0.5, 0.6) is 5.75 Å². The summed E-state index contributed by atoms with van der Waals surface area (Å²) in [6.45, 7) is 7.66. The van der Waals surface area contributed by atoms with Gasteiger partial charge in [-0.25, -0.2) is 9.59 Å². The van der Waals surface area contributed by atoms with E-state index in [9.17, 15) is 9.59 Å². The fourth-order valence-electron chi connectivity index (χ4n) is 1.58. The fourth-order valence-corrected chi connectivity index (χ4v) is 1.58. The van der Waals surface area contributed by atoms with E-state index in [0.29, 0.717) is 18.0 Å². The first-order valence-electron chi connectivity index (χ1n) is 7.27. The summed E-state index contributed by atoms with van der Waals surface area (Å²) in [5, 5.41) is 2.87. The second-order valence-corrected chi connectivity index (χ2v) is 4.27. The van der Waals surface area contributed by atoms with Crippen molar-refractivity contribution in [3.63, 3.8) is 0 Å². The standard InChI is InChI=1S/C17H21NO5/c1-4-11-23-14-9-7-13(8-10-14)18-12-15(16(19)21-5-2)17(20)22-6-3/h4,7-10,12,18H,1,5-6,11H2,2-3H3. The number of carbonyl (C=O) groups excluding carboxylic acids is 2. The molecule has 23 heavy (non-hydrogen) atoms. The number of anilines is 1. The van der Waals surface area contributed by atoms with Crippen LogP contribution in [0.15, 0.2) is 48.7 Å². The molecule has 0 amide bonds. The van der Waals surface area contributed by atoms with Gasteiger partial charge in [-0.2, -0.15) is 0 Å². The summed E-state index contributed by atoms with van der Waals surface area (Å²) in [7, 11) is 0. The van der Waals surface area contributed by atoms with Crippen LogP contribution in [-0.4, -0.2) is 31.8 Å². The van der Waals surface area contributed by atoms with Crippen LogP contribution in [-0.2, 0) is 19.1 Å². The third-order valence-corrected chi connectivity index (χ3v) is 2.60. The van der Waals surface area contributed by atoms with Gasteiger partial charge in [0, 0.05) is 11.9 Å². The van der Waals surface area contributed by atoms with Crippen LogP contribution in [0.1, 0.15) is 13.8 Å². The number of hydrogen-bond donors (Lipinski definition) is 1. The van der Waals surface area contributed by atoms with E-state index >= 15 is 0 Å². The summed E-state index contributed by atoms with van der Waals surface area (Å²) in [4.78, 5) is 23.6. The molecule has 1 aromatic rings. The van der Waals surface area contributed by atoms with Crippen molar-refractivity contribution < 1.29 is 23.8 Å². The molecule has 6 heteroatoms. The summed E-state index contributed by atoms with van der Waals surface area (Å²) in [5.41, 5.74) is 0.489. The minimum absolute atomic E-state index is 0.172. The molecule has 1 N–H and O–H groups in total. The van der Waals surface area contributed by atoms with Crippen LogP contribution in [0, 0.1) is 0 Å². The maximum atomic E-state index is 11.8. The van der Waals surface area contributed by atoms with Crippen LogP contribution in [0.4, 0.5) is 5.69 Å². The van der Waals surface area contributed by atoms with Crippen molar-refractivity contribution in [1.29, 1.82) is 0 Å². The van der Waals surface area contributed by atoms with E-state index in [1.165, 1.54) is 6.20 Å². The van der Waals surface area contributed by atoms with Crippen LogP contribution in [0.25, 0.3) is 0 Å². The van der Waals surface area contributed by atoms with Gasteiger partial charge in [0.1, 0.15) is 12.4 Å². The molecule has 0 unspecified atom stereocenters. The van der Waals surface area contributed by atoms with E-state index in [1.54, 1.807) is 44.2 Å². The van der Waals surface area contributed by atoms with E-state index in [4.69, 9.17) is 14.2 Å². The second-order valence-electron chi connectivity index (χ2n) is 4.27. The summed E-state index contributed by atoms with van der Waals surface area (Å²) < 4.78 is 15.1. The zero-order valence-electron chi connectivity index (χ0n) is 13.3. The predicted octanol–water partition coefficient (Wildman–Crippen LogP) is 2.67. The lowest BCUT2D eigenvalue weighted by Crippen LogP contribution is -2.19. The van der Waals surface area contributed by atoms with Crippen LogP contribution in [0.3, 0.4) is 0 Å². The average Bonchev–Trinajstić information content (AvgIpc) is 2.55. The van der Waals surface area contributed by atoms with Crippen molar-refractivity contribution in [2.45, 2.75) is 13.8 Å². The van der Waals surface area contributed by atoms with Gasteiger partial charge in [-0.15, -0.1) is 0 Å². The van der Waals surface area contributed by atoms with Crippen molar-refractivity contribution in [3.05, 3.63) is 48.7 Å². The van der Waals surface area contributed by atoms with Crippen LogP contribution >= 0.6 is 0 Å². The molecule has 0 aliphatic heterocycles. The number of nitrogens with one attached hydrogen (secondary N) is 1. The van der Waals surface area contributed by atoms with Gasteiger partial charge in [0.2, 0.25) is 0 Å². The maximum Gasteiger partial charge on any atom is 0.347 e. The van der Waals surface area contributed by atoms with Crippen molar-refractivity contribution in [2.24, 2.45) is 0 Å². The largest absolute Gasteiger partial charge is 0.490 e. The zero-order valence-corrected chi connectivity index (χ0v) is 13.3. The Balaban J connectivity index is 2.80. The van der Waals surface area contributed by atoms with Gasteiger partial charge >= 0.3 is 11.9 Å². The first kappa shape index (κ1) is 18.3. The number of esters is 2. The third-order valence-electron chi connectivity index (χ3n) is 2.60. The lowest BCUT2D eigenvalue weighted by atomic mass is 10.2. The van der Waals surface area contributed by atoms with Gasteiger partial charge in [-0.3, -0.25) is 0 Å². The maximum absolute atomic E-state index is 11.8. The van der Waals surface area contributed by atoms with E-state index < -0.39 is 11.9 Å². The number of rotatable bonds is 9. The first-order chi connectivity index (χ1) is 11.1. The molecule has 1 aromatic carbocycles. The Morgan fingerprint density at radius 1 is 1.09 bits per heavy atom. The van der Waals surface area contributed by atoms with Gasteiger partial charge < -0.3 is 19.5 Å². The van der Waals surface area contributed by atoms with Crippen molar-refractivity contribution >= 4 is 17.6 Å². The van der Waals surface area contributed by atoms with Gasteiger partial charge in [0.25, 0.3) is 0 Å². The Labute approximate surface area is 135 Å². The molecule has 0 heterocycles. The molecule has 0 spiro atoms. The van der Waals surface area contributed by atoms with Gasteiger partial charge in [-0.05, 0) is 38.1 Å². The number of benzene rings is 1. The molecule has 0 atom stereocenters. The van der Waals surface area contributed by atoms with Crippen molar-refractivity contribution in [1.82, 2.24) is 0 Å². The van der Waals surface area contributed by atoms with Crippen molar-refractivity contribution in [2.75, 3.05) is 25.1 Å². The Morgan fingerprint density at radius 2 is 1.65 bits per heavy atom. The second kappa shape index (κ2) is 10.0. The topological polar surface area (TPSA) is 73.9 Å². The molecule has 0 aliphatic carbocycles. The third kappa shape index (κ3) is 6.25. The number of carbonyl (C=O) groups is 2. The molecule has 0 saturated carbocycles. The van der Waals surface area contributed by atoms with Crippen molar-refractivity contribution in [3.8, 4) is 5.75 Å². The molecule has 0 aliphatic rings. The molecule has 6 nitrogen and oxygen atoms in total. The highest BCUT2D eigenvalue weighted by atomic mass is 16.6. The minimum atomic E-state index is -0.732. The molecule has 0 bridgehead atoms. The average molecular weight is 319 g/mol. The SMILES string of the molecule is C=CCOc1ccc(NC=C(C(=O)OCC)C(=O)OCC)cc1. The fraction of sp³-hybridized carbons (Fsp3) is 0.294. The summed E-state index contributed by atoms with van der Waals surface area (Å²) in [6, 6.07) is 7.02. The molecular weight excluding hydrogens is 298 g/mol. The number of hydrogen-bond acceptors (Lipinski definition) is 6. The normalized spacial score (nSPS) is 9.48. The Hall–Kier alpha value is -2.76. The molecule has 0 saturated heterocycles. The van der Waals surface area contributed by atoms with Crippen LogP contribution in [0.2, 0.25) is 0 Å². The lowest BCUT2D eigenvalue weighted by molar-refractivity contribution is -0.146. The summed E-state index contributed by atoms with van der Waals surface area (Å²) in [6.07, 6.45) is 2.93. The van der Waals surface area contributed by atoms with Gasteiger partial charge in [-0.1, -0.05) is 12.7 Å². The summed E-state index contributed by atoms with van der Waals surface area (Å²) in [5.74, 6) is -0.774. The van der Waals surface area contributed by atoms with E-state index in [-0.39, 0.29) is 18.8 Å². The minimum Gasteiger partial charge on any atom is -0.490 e. The molecule has 124 valence electrons. The quantitative estimate of drug-likeness (QED) is 0.248. The van der Waals surface area contributed by atoms with E-state index in [1.807, 2.05) is 0 Å². The van der Waals surface area contributed by atoms with E-state index in [2.05, 4.69) is 11.9 Å². The molecule has 0 radical (unpaired) electrons. The Bertz CT molecular complexity index is 543. The summed E-state index contributed by atoms with van der Waals surface area (Å²) >= 11 is 0. The van der Waals surface area contributed by atoms with Crippen LogP contribution < -0.4 is 10.1 Å². The first-order valence-corrected chi connectivity index (χ1v) is 7.27. The predicted molar refractivity (Wildman–Crippen MR) is 87.1 cm³/mol. The Morgan fingerprint density at radius 3 is 2.13 bits per heavy atom. The highest BCUT2D eigenvalue weighted by Crippen LogP contribution is 2.16. The molecule has 1 rings (SSSR count). The lowest BCUT2D eigenvalue weighted by Gasteiger charge is -2.08. The smallest absolute Gasteiger partial charge is 0.347 e. The Kier molecular flexibility index (Phi) is 7.99. The molecular formula is C17H21NO5. The van der Waals surface area contributed by atoms with E-state index in [0.717, 1.165) is 0 Å². The number of ether oxygens (including phenoxy) is 3. The van der Waals surface area contributed by atoms with Gasteiger partial charge in [0.15, 0.2) is 5.57 Å². The highest BCUT2D eigenvalue weighted by Gasteiger charge is 2.20. The molecule has 0 fully saturated rings. The highest BCUT2D eigenvalue weighted by molar-refractivity contribution is 6.14. The monoisotopic (exact) mass is 319 g/mol. The van der Waals surface area contributed by atoms with Gasteiger partial charge in [0.05, 0.1) is 13.2 Å². The zero-order chi connectivity index (χ0) is 17.1. The molecule has 0 aromatic heterocycles.